The van der Waals surface area contributed by atoms with E-state index in [2.05, 4.69) is 17.2 Å². The minimum Gasteiger partial charge on any atom is -0.450 e. The highest BCUT2D eigenvalue weighted by Crippen LogP contribution is 2.15. The molecule has 1 N–H and O–H groups in total. The van der Waals surface area contributed by atoms with Gasteiger partial charge in [-0.25, -0.2) is 9.78 Å². The highest BCUT2D eigenvalue weighted by Gasteiger charge is 2.25. The predicted octanol–water partition coefficient (Wildman–Crippen LogP) is 2.56. The lowest BCUT2D eigenvalue weighted by Crippen LogP contribution is -2.46. The van der Waals surface area contributed by atoms with Crippen molar-refractivity contribution in [3.63, 3.8) is 0 Å². The Labute approximate surface area is 153 Å². The van der Waals surface area contributed by atoms with Gasteiger partial charge in [-0.05, 0) is 45.2 Å². The number of nitrogens with one attached hydrogen (secondary N) is 1. The van der Waals surface area contributed by atoms with Crippen molar-refractivity contribution in [2.75, 3.05) is 19.7 Å². The maximum atomic E-state index is 12.6. The Morgan fingerprint density at radius 1 is 1.27 bits per heavy atom. The predicted molar refractivity (Wildman–Crippen MR) is 98.4 cm³/mol. The van der Waals surface area contributed by atoms with Crippen LogP contribution in [-0.4, -0.2) is 52.0 Å². The fraction of sp³-hybridized carbons (Fsp3) is 0.526. The third-order valence-electron chi connectivity index (χ3n) is 4.91. The minimum absolute atomic E-state index is 0.0685. The van der Waals surface area contributed by atoms with E-state index in [0.717, 1.165) is 36.3 Å². The summed E-state index contributed by atoms with van der Waals surface area (Å²) in [4.78, 5) is 30.6. The van der Waals surface area contributed by atoms with Gasteiger partial charge in [-0.3, -0.25) is 4.79 Å². The van der Waals surface area contributed by atoms with Crippen LogP contribution in [0.15, 0.2) is 18.3 Å². The molecule has 2 aromatic heterocycles. The summed E-state index contributed by atoms with van der Waals surface area (Å²) in [7, 11) is 0. The van der Waals surface area contributed by atoms with Crippen molar-refractivity contribution < 1.29 is 14.3 Å². The summed E-state index contributed by atoms with van der Waals surface area (Å²) < 4.78 is 6.99. The number of aryl methyl sites for hydroxylation is 2. The zero-order valence-electron chi connectivity index (χ0n) is 15.6. The first-order valence-corrected chi connectivity index (χ1v) is 9.23. The number of piperidine rings is 1. The fourth-order valence-corrected chi connectivity index (χ4v) is 3.37. The van der Waals surface area contributed by atoms with Crippen LogP contribution < -0.4 is 5.32 Å². The molecule has 7 nitrogen and oxygen atoms in total. The largest absolute Gasteiger partial charge is 0.450 e. The van der Waals surface area contributed by atoms with E-state index in [0.29, 0.717) is 25.3 Å². The third kappa shape index (κ3) is 3.66. The molecule has 0 radical (unpaired) electrons. The molecule has 0 atom stereocenters. The van der Waals surface area contributed by atoms with Gasteiger partial charge in [0, 0.05) is 31.0 Å². The maximum Gasteiger partial charge on any atom is 0.409 e. The van der Waals surface area contributed by atoms with Gasteiger partial charge in [0.05, 0.1) is 17.9 Å². The molecule has 0 bridgehead atoms. The number of ether oxygens (including phenoxy) is 1. The standard InChI is InChI=1S/C19H26N4O3/c1-4-16-13(3)23-12-14(6-7-17(23)21-16)18(24)20-15-8-10-22(11-9-15)19(25)26-5-2/h6-7,12,15H,4-5,8-11H2,1-3H3,(H,20,24). The summed E-state index contributed by atoms with van der Waals surface area (Å²) >= 11 is 0. The van der Waals surface area contributed by atoms with E-state index in [1.807, 2.05) is 29.7 Å². The number of imidazole rings is 1. The van der Waals surface area contributed by atoms with Crippen LogP contribution >= 0.6 is 0 Å². The molecule has 0 unspecified atom stereocenters. The minimum atomic E-state index is -0.273. The number of aromatic nitrogens is 2. The molecule has 0 saturated carbocycles. The maximum absolute atomic E-state index is 12.6. The summed E-state index contributed by atoms with van der Waals surface area (Å²) in [6.07, 6.45) is 3.91. The monoisotopic (exact) mass is 358 g/mol. The van der Waals surface area contributed by atoms with Crippen LogP contribution in [0.1, 0.15) is 48.4 Å². The summed E-state index contributed by atoms with van der Waals surface area (Å²) in [6, 6.07) is 3.76. The number of carbonyl (C=O) groups excluding carboxylic acids is 2. The van der Waals surface area contributed by atoms with Crippen LogP contribution in [-0.2, 0) is 11.2 Å². The van der Waals surface area contributed by atoms with Gasteiger partial charge >= 0.3 is 6.09 Å². The Bertz CT molecular complexity index is 806. The smallest absolute Gasteiger partial charge is 0.409 e. The molecule has 1 aliphatic rings. The van der Waals surface area contributed by atoms with Crippen LogP contribution in [0, 0.1) is 6.92 Å². The number of amides is 2. The van der Waals surface area contributed by atoms with Crippen LogP contribution in [0.3, 0.4) is 0 Å². The van der Waals surface area contributed by atoms with E-state index in [1.165, 1.54) is 0 Å². The number of pyridine rings is 1. The van der Waals surface area contributed by atoms with Gasteiger partial charge in [0.2, 0.25) is 0 Å². The van der Waals surface area contributed by atoms with Crippen LogP contribution in [0.5, 0.6) is 0 Å². The van der Waals surface area contributed by atoms with Crippen LogP contribution in [0.4, 0.5) is 4.79 Å². The molecular formula is C19H26N4O3. The molecule has 0 spiro atoms. The number of likely N-dealkylation sites (tertiary alicyclic amines) is 1. The van der Waals surface area contributed by atoms with Gasteiger partial charge in [-0.1, -0.05) is 6.92 Å². The molecule has 1 fully saturated rings. The molecule has 2 amide bonds. The van der Waals surface area contributed by atoms with E-state index in [9.17, 15) is 9.59 Å². The molecule has 26 heavy (non-hydrogen) atoms. The summed E-state index contributed by atoms with van der Waals surface area (Å²) in [5, 5.41) is 3.08. The molecule has 3 heterocycles. The molecule has 1 saturated heterocycles. The number of hydrogen-bond donors (Lipinski definition) is 1. The van der Waals surface area contributed by atoms with Crippen molar-refractivity contribution in [2.45, 2.75) is 46.1 Å². The third-order valence-corrected chi connectivity index (χ3v) is 4.91. The molecule has 0 aromatic carbocycles. The zero-order valence-corrected chi connectivity index (χ0v) is 15.6. The number of fused-ring (bicyclic) bond motifs is 1. The van der Waals surface area contributed by atoms with E-state index in [1.54, 1.807) is 11.8 Å². The number of carbonyl (C=O) groups is 2. The second-order valence-corrected chi connectivity index (χ2v) is 6.58. The van der Waals surface area contributed by atoms with Gasteiger partial charge < -0.3 is 19.4 Å². The number of hydrogen-bond acceptors (Lipinski definition) is 4. The van der Waals surface area contributed by atoms with Crippen molar-refractivity contribution in [1.82, 2.24) is 19.6 Å². The molecule has 0 aliphatic carbocycles. The average molecular weight is 358 g/mol. The van der Waals surface area contributed by atoms with E-state index in [4.69, 9.17) is 4.74 Å². The summed E-state index contributed by atoms with van der Waals surface area (Å²) in [5.74, 6) is -0.0902. The normalized spacial score (nSPS) is 15.3. The van der Waals surface area contributed by atoms with Crippen molar-refractivity contribution in [1.29, 1.82) is 0 Å². The fourth-order valence-electron chi connectivity index (χ4n) is 3.37. The molecule has 140 valence electrons. The first-order valence-electron chi connectivity index (χ1n) is 9.23. The van der Waals surface area contributed by atoms with Crippen molar-refractivity contribution >= 4 is 17.6 Å². The lowest BCUT2D eigenvalue weighted by Gasteiger charge is -2.31. The van der Waals surface area contributed by atoms with Gasteiger partial charge in [0.15, 0.2) is 0 Å². The van der Waals surface area contributed by atoms with Crippen LogP contribution in [0.2, 0.25) is 0 Å². The lowest BCUT2D eigenvalue weighted by atomic mass is 10.0. The Hall–Kier alpha value is -2.57. The highest BCUT2D eigenvalue weighted by molar-refractivity contribution is 5.94. The second kappa shape index (κ2) is 7.76. The van der Waals surface area contributed by atoms with Gasteiger partial charge in [0.25, 0.3) is 5.91 Å². The molecule has 3 rings (SSSR count). The van der Waals surface area contributed by atoms with Crippen molar-refractivity contribution in [2.24, 2.45) is 0 Å². The number of rotatable bonds is 4. The molecule has 7 heteroatoms. The Kier molecular flexibility index (Phi) is 5.44. The highest BCUT2D eigenvalue weighted by atomic mass is 16.6. The topological polar surface area (TPSA) is 75.9 Å². The van der Waals surface area contributed by atoms with Gasteiger partial charge in [-0.15, -0.1) is 0 Å². The Morgan fingerprint density at radius 2 is 2.00 bits per heavy atom. The number of nitrogens with zero attached hydrogens (tertiary/aromatic N) is 3. The van der Waals surface area contributed by atoms with E-state index in [-0.39, 0.29) is 18.0 Å². The van der Waals surface area contributed by atoms with E-state index >= 15 is 0 Å². The van der Waals surface area contributed by atoms with Crippen LogP contribution in [0.25, 0.3) is 5.65 Å². The first-order chi connectivity index (χ1) is 12.5. The Morgan fingerprint density at radius 3 is 2.65 bits per heavy atom. The lowest BCUT2D eigenvalue weighted by molar-refractivity contribution is 0.0859. The molecular weight excluding hydrogens is 332 g/mol. The second-order valence-electron chi connectivity index (χ2n) is 6.58. The first kappa shape index (κ1) is 18.2. The SMILES string of the molecule is CCOC(=O)N1CCC(NC(=O)c2ccc3nc(CC)c(C)n3c2)CC1. The average Bonchev–Trinajstić information content (AvgIpc) is 2.98. The van der Waals surface area contributed by atoms with E-state index < -0.39 is 0 Å². The van der Waals surface area contributed by atoms with Crippen molar-refractivity contribution in [3.05, 3.63) is 35.3 Å². The van der Waals surface area contributed by atoms with Gasteiger partial charge in [-0.2, -0.15) is 0 Å². The van der Waals surface area contributed by atoms with Crippen molar-refractivity contribution in [3.8, 4) is 0 Å². The quantitative estimate of drug-likeness (QED) is 0.911. The molecule has 2 aromatic rings. The summed E-state index contributed by atoms with van der Waals surface area (Å²) in [6.45, 7) is 7.47. The summed E-state index contributed by atoms with van der Waals surface area (Å²) in [5.41, 5.74) is 3.60. The zero-order chi connectivity index (χ0) is 18.7. The molecule has 1 aliphatic heterocycles. The Balaban J connectivity index is 1.63. The van der Waals surface area contributed by atoms with Gasteiger partial charge in [0.1, 0.15) is 5.65 Å².